The van der Waals surface area contributed by atoms with Crippen LogP contribution in [0.3, 0.4) is 0 Å². The quantitative estimate of drug-likeness (QED) is 0.889. The van der Waals surface area contributed by atoms with Crippen LogP contribution in [0.2, 0.25) is 0 Å². The first-order valence-electron chi connectivity index (χ1n) is 7.67. The fourth-order valence-electron chi connectivity index (χ4n) is 2.33. The minimum atomic E-state index is -0.203. The van der Waals surface area contributed by atoms with Gasteiger partial charge in [-0.05, 0) is 37.8 Å². The van der Waals surface area contributed by atoms with Gasteiger partial charge in [0.15, 0.2) is 0 Å². The van der Waals surface area contributed by atoms with Crippen molar-refractivity contribution in [3.05, 3.63) is 47.4 Å². The lowest BCUT2D eigenvalue weighted by atomic mass is 10.1. The number of nitrogens with zero attached hydrogens (tertiary/aromatic N) is 2. The number of benzene rings is 1. The summed E-state index contributed by atoms with van der Waals surface area (Å²) in [7, 11) is 0. The highest BCUT2D eigenvalue weighted by Gasteiger charge is 2.22. The minimum Gasteiger partial charge on any atom is -0.367 e. The van der Waals surface area contributed by atoms with Crippen LogP contribution in [-0.2, 0) is 6.42 Å². The van der Waals surface area contributed by atoms with Crippen LogP contribution >= 0.6 is 0 Å². The first-order valence-corrected chi connectivity index (χ1v) is 7.67. The van der Waals surface area contributed by atoms with Crippen molar-refractivity contribution in [2.45, 2.75) is 39.2 Å². The van der Waals surface area contributed by atoms with Crippen LogP contribution in [0.25, 0.3) is 0 Å². The number of carbonyl (C=O) groups excluding carboxylic acids is 1. The van der Waals surface area contributed by atoms with Crippen molar-refractivity contribution in [3.8, 4) is 0 Å². The molecule has 0 spiro atoms. The molecule has 1 saturated carbocycles. The van der Waals surface area contributed by atoms with Crippen molar-refractivity contribution < 1.29 is 4.79 Å². The van der Waals surface area contributed by atoms with E-state index in [0.717, 1.165) is 36.3 Å². The summed E-state index contributed by atoms with van der Waals surface area (Å²) in [5.41, 5.74) is 2.34. The number of hydrogen-bond acceptors (Lipinski definition) is 4. The summed E-state index contributed by atoms with van der Waals surface area (Å²) in [4.78, 5) is 21.0. The maximum atomic E-state index is 12.5. The number of carbonyl (C=O) groups is 1. The fraction of sp³-hybridized carbons (Fsp3) is 0.353. The van der Waals surface area contributed by atoms with Gasteiger partial charge < -0.3 is 10.6 Å². The zero-order valence-electron chi connectivity index (χ0n) is 12.9. The van der Waals surface area contributed by atoms with Gasteiger partial charge in [-0.2, -0.15) is 0 Å². The number of para-hydroxylation sites is 1. The molecule has 114 valence electrons. The van der Waals surface area contributed by atoms with Crippen molar-refractivity contribution in [2.75, 3.05) is 10.6 Å². The maximum absolute atomic E-state index is 12.5. The molecule has 0 unspecified atom stereocenters. The molecule has 5 nitrogen and oxygen atoms in total. The smallest absolute Gasteiger partial charge is 0.274 e. The third-order valence-corrected chi connectivity index (χ3v) is 3.65. The molecule has 3 rings (SSSR count). The molecule has 0 aliphatic heterocycles. The van der Waals surface area contributed by atoms with Crippen LogP contribution in [-0.4, -0.2) is 21.9 Å². The number of anilines is 2. The molecular formula is C17H20N4O. The van der Waals surface area contributed by atoms with Crippen molar-refractivity contribution in [1.29, 1.82) is 0 Å². The normalized spacial score (nSPS) is 13.7. The maximum Gasteiger partial charge on any atom is 0.274 e. The van der Waals surface area contributed by atoms with E-state index in [1.165, 1.54) is 0 Å². The number of amides is 1. The van der Waals surface area contributed by atoms with Gasteiger partial charge >= 0.3 is 0 Å². The minimum absolute atomic E-state index is 0.203. The zero-order chi connectivity index (χ0) is 15.5. The Kier molecular flexibility index (Phi) is 4.04. The lowest BCUT2D eigenvalue weighted by Gasteiger charge is -2.11. The molecule has 1 aliphatic rings. The molecule has 2 aromatic rings. The van der Waals surface area contributed by atoms with Gasteiger partial charge in [-0.1, -0.05) is 25.1 Å². The SMILES string of the molecule is CCc1ccccc1NC(=O)c1cc(NC2CC2)nc(C)n1. The molecule has 1 aliphatic carbocycles. The van der Waals surface area contributed by atoms with Crippen LogP contribution < -0.4 is 10.6 Å². The van der Waals surface area contributed by atoms with Gasteiger partial charge in [0.05, 0.1) is 0 Å². The second-order valence-electron chi connectivity index (χ2n) is 5.57. The Morgan fingerprint density at radius 1 is 1.27 bits per heavy atom. The molecule has 0 atom stereocenters. The number of nitrogens with one attached hydrogen (secondary N) is 2. The Labute approximate surface area is 130 Å². The first-order chi connectivity index (χ1) is 10.7. The van der Waals surface area contributed by atoms with Gasteiger partial charge in [0.25, 0.3) is 5.91 Å². The van der Waals surface area contributed by atoms with E-state index in [4.69, 9.17) is 0 Å². The molecule has 0 saturated heterocycles. The number of aromatic nitrogens is 2. The summed E-state index contributed by atoms with van der Waals surface area (Å²) in [5.74, 6) is 1.12. The van der Waals surface area contributed by atoms with Crippen molar-refractivity contribution in [3.63, 3.8) is 0 Å². The number of hydrogen-bond donors (Lipinski definition) is 2. The Balaban J connectivity index is 1.80. The summed E-state index contributed by atoms with van der Waals surface area (Å²) >= 11 is 0. The zero-order valence-corrected chi connectivity index (χ0v) is 12.9. The van der Waals surface area contributed by atoms with E-state index in [1.54, 1.807) is 13.0 Å². The second-order valence-corrected chi connectivity index (χ2v) is 5.57. The highest BCUT2D eigenvalue weighted by molar-refractivity contribution is 6.03. The molecular weight excluding hydrogens is 276 g/mol. The standard InChI is InChI=1S/C17H20N4O/c1-3-12-6-4-5-7-14(12)21-17(22)15-10-16(19-11(2)18-15)20-13-8-9-13/h4-7,10,13H,3,8-9H2,1-2H3,(H,21,22)(H,18,19,20). The summed E-state index contributed by atoms with van der Waals surface area (Å²) in [6, 6.07) is 10.0. The summed E-state index contributed by atoms with van der Waals surface area (Å²) in [6.45, 7) is 3.87. The lowest BCUT2D eigenvalue weighted by molar-refractivity contribution is 0.102. The monoisotopic (exact) mass is 296 g/mol. The van der Waals surface area contributed by atoms with E-state index in [2.05, 4.69) is 27.5 Å². The molecule has 1 aromatic heterocycles. The van der Waals surface area contributed by atoms with E-state index < -0.39 is 0 Å². The van der Waals surface area contributed by atoms with E-state index in [9.17, 15) is 4.79 Å². The molecule has 1 heterocycles. The van der Waals surface area contributed by atoms with Gasteiger partial charge in [-0.3, -0.25) is 4.79 Å². The lowest BCUT2D eigenvalue weighted by Crippen LogP contribution is -2.17. The number of aryl methyl sites for hydroxylation is 2. The van der Waals surface area contributed by atoms with Gasteiger partial charge in [-0.15, -0.1) is 0 Å². The van der Waals surface area contributed by atoms with Gasteiger partial charge in [0.1, 0.15) is 17.3 Å². The van der Waals surface area contributed by atoms with Crippen molar-refractivity contribution in [2.24, 2.45) is 0 Å². The Hall–Kier alpha value is -2.43. The van der Waals surface area contributed by atoms with E-state index in [0.29, 0.717) is 17.6 Å². The summed E-state index contributed by atoms with van der Waals surface area (Å²) in [5, 5.41) is 6.25. The highest BCUT2D eigenvalue weighted by Crippen LogP contribution is 2.24. The molecule has 1 amide bonds. The molecule has 5 heteroatoms. The fourth-order valence-corrected chi connectivity index (χ4v) is 2.33. The topological polar surface area (TPSA) is 66.9 Å². The van der Waals surface area contributed by atoms with Gasteiger partial charge in [-0.25, -0.2) is 9.97 Å². The average molecular weight is 296 g/mol. The molecule has 2 N–H and O–H groups in total. The first kappa shape index (κ1) is 14.5. The molecule has 22 heavy (non-hydrogen) atoms. The van der Waals surface area contributed by atoms with Crippen LogP contribution in [0.4, 0.5) is 11.5 Å². The van der Waals surface area contributed by atoms with E-state index >= 15 is 0 Å². The molecule has 1 aromatic carbocycles. The summed E-state index contributed by atoms with van der Waals surface area (Å²) in [6.07, 6.45) is 3.19. The van der Waals surface area contributed by atoms with E-state index in [-0.39, 0.29) is 5.91 Å². The number of rotatable bonds is 5. The van der Waals surface area contributed by atoms with Crippen molar-refractivity contribution in [1.82, 2.24) is 9.97 Å². The van der Waals surface area contributed by atoms with E-state index in [1.807, 2.05) is 24.3 Å². The van der Waals surface area contributed by atoms with Gasteiger partial charge in [0.2, 0.25) is 0 Å². The predicted octanol–water partition coefficient (Wildman–Crippen LogP) is 3.17. The van der Waals surface area contributed by atoms with Crippen LogP contribution in [0.5, 0.6) is 0 Å². The highest BCUT2D eigenvalue weighted by atomic mass is 16.1. The second kappa shape index (κ2) is 6.13. The molecule has 0 bridgehead atoms. The molecule has 0 radical (unpaired) electrons. The largest absolute Gasteiger partial charge is 0.367 e. The van der Waals surface area contributed by atoms with Crippen molar-refractivity contribution >= 4 is 17.4 Å². The Bertz CT molecular complexity index is 695. The van der Waals surface area contributed by atoms with Gasteiger partial charge in [0, 0.05) is 17.8 Å². The third kappa shape index (κ3) is 3.42. The van der Waals surface area contributed by atoms with Crippen LogP contribution in [0, 0.1) is 6.92 Å². The predicted molar refractivity (Wildman–Crippen MR) is 87.2 cm³/mol. The third-order valence-electron chi connectivity index (χ3n) is 3.65. The van der Waals surface area contributed by atoms with Crippen LogP contribution in [0.1, 0.15) is 41.6 Å². The average Bonchev–Trinajstić information content (AvgIpc) is 3.31. The Morgan fingerprint density at radius 2 is 2.05 bits per heavy atom. The Morgan fingerprint density at radius 3 is 2.77 bits per heavy atom. The summed E-state index contributed by atoms with van der Waals surface area (Å²) < 4.78 is 0. The molecule has 1 fully saturated rings. The van der Waals surface area contributed by atoms with Crippen LogP contribution in [0.15, 0.2) is 30.3 Å².